The molecule has 2 N–H and O–H groups in total. The lowest BCUT2D eigenvalue weighted by atomic mass is 10.1. The third-order valence-electron chi connectivity index (χ3n) is 3.33. The van der Waals surface area contributed by atoms with Crippen LogP contribution in [0, 0.1) is 6.92 Å². The first-order valence-electron chi connectivity index (χ1n) is 7.05. The predicted octanol–water partition coefficient (Wildman–Crippen LogP) is 1.62. The SMILES string of the molecule is CN=C(NCc1ccc(C)cc1OC)NCc1nncn1C.I. The number of aliphatic imine (C=N–C) groups is 1. The van der Waals surface area contributed by atoms with Gasteiger partial charge in [0.15, 0.2) is 11.8 Å². The van der Waals surface area contributed by atoms with Gasteiger partial charge >= 0.3 is 0 Å². The molecule has 2 rings (SSSR count). The first-order valence-corrected chi connectivity index (χ1v) is 7.05. The molecule has 0 saturated carbocycles. The van der Waals surface area contributed by atoms with Gasteiger partial charge in [0.1, 0.15) is 12.1 Å². The Hall–Kier alpha value is -1.84. The van der Waals surface area contributed by atoms with Crippen molar-refractivity contribution in [1.82, 2.24) is 25.4 Å². The summed E-state index contributed by atoms with van der Waals surface area (Å²) in [5.41, 5.74) is 2.25. The van der Waals surface area contributed by atoms with Gasteiger partial charge in [-0.25, -0.2) is 0 Å². The monoisotopic (exact) mass is 430 g/mol. The Bertz CT molecular complexity index is 655. The number of halogens is 1. The summed E-state index contributed by atoms with van der Waals surface area (Å²) in [5.74, 6) is 2.41. The van der Waals surface area contributed by atoms with E-state index in [1.807, 2.05) is 24.6 Å². The van der Waals surface area contributed by atoms with Gasteiger partial charge in [0, 0.05) is 26.2 Å². The Morgan fingerprint density at radius 3 is 2.65 bits per heavy atom. The number of nitrogens with one attached hydrogen (secondary N) is 2. The lowest BCUT2D eigenvalue weighted by Gasteiger charge is -2.14. The van der Waals surface area contributed by atoms with Crippen molar-refractivity contribution >= 4 is 29.9 Å². The number of aromatic nitrogens is 3. The second-order valence-electron chi connectivity index (χ2n) is 4.95. The minimum atomic E-state index is 0. The lowest BCUT2D eigenvalue weighted by molar-refractivity contribution is 0.408. The van der Waals surface area contributed by atoms with Crippen LogP contribution in [0.5, 0.6) is 5.75 Å². The number of methoxy groups -OCH3 is 1. The molecule has 0 radical (unpaired) electrons. The fourth-order valence-corrected chi connectivity index (χ4v) is 2.03. The quantitative estimate of drug-likeness (QED) is 0.429. The zero-order chi connectivity index (χ0) is 15.9. The molecule has 0 aliphatic rings. The summed E-state index contributed by atoms with van der Waals surface area (Å²) in [6, 6.07) is 6.14. The van der Waals surface area contributed by atoms with Gasteiger partial charge in [-0.3, -0.25) is 4.99 Å². The number of rotatable bonds is 5. The molecule has 0 amide bonds. The van der Waals surface area contributed by atoms with Gasteiger partial charge in [0.25, 0.3) is 0 Å². The zero-order valence-corrected chi connectivity index (χ0v) is 16.2. The van der Waals surface area contributed by atoms with Gasteiger partial charge in [-0.1, -0.05) is 12.1 Å². The van der Waals surface area contributed by atoms with Crippen molar-refractivity contribution in [3.05, 3.63) is 41.5 Å². The molecule has 1 heterocycles. The molecular formula is C15H23IN6O. The van der Waals surface area contributed by atoms with Crippen LogP contribution in [0.4, 0.5) is 0 Å². The third-order valence-corrected chi connectivity index (χ3v) is 3.33. The minimum Gasteiger partial charge on any atom is -0.496 e. The average Bonchev–Trinajstić information content (AvgIpc) is 2.93. The number of aryl methyl sites for hydroxylation is 2. The van der Waals surface area contributed by atoms with Gasteiger partial charge in [-0.05, 0) is 18.6 Å². The van der Waals surface area contributed by atoms with E-state index < -0.39 is 0 Å². The molecule has 8 heteroatoms. The van der Waals surface area contributed by atoms with E-state index >= 15 is 0 Å². The Balaban J connectivity index is 0.00000264. The molecule has 0 unspecified atom stereocenters. The van der Waals surface area contributed by atoms with Gasteiger partial charge in [-0.15, -0.1) is 34.2 Å². The number of hydrogen-bond acceptors (Lipinski definition) is 4. The first-order chi connectivity index (χ1) is 10.6. The van der Waals surface area contributed by atoms with E-state index in [0.717, 1.165) is 17.1 Å². The van der Waals surface area contributed by atoms with Crippen molar-refractivity contribution < 1.29 is 4.74 Å². The van der Waals surface area contributed by atoms with E-state index in [-0.39, 0.29) is 24.0 Å². The Labute approximate surface area is 153 Å². The summed E-state index contributed by atoms with van der Waals surface area (Å²) in [7, 11) is 5.32. The summed E-state index contributed by atoms with van der Waals surface area (Å²) in [6.07, 6.45) is 1.67. The third kappa shape index (κ3) is 5.38. The Kier molecular flexibility index (Phi) is 7.79. The zero-order valence-electron chi connectivity index (χ0n) is 13.8. The molecule has 7 nitrogen and oxygen atoms in total. The Morgan fingerprint density at radius 1 is 1.30 bits per heavy atom. The van der Waals surface area contributed by atoms with Crippen LogP contribution in [0.1, 0.15) is 17.0 Å². The van der Waals surface area contributed by atoms with Crippen molar-refractivity contribution in [3.63, 3.8) is 0 Å². The topological polar surface area (TPSA) is 76.4 Å². The van der Waals surface area contributed by atoms with Crippen molar-refractivity contribution in [1.29, 1.82) is 0 Å². The second-order valence-corrected chi connectivity index (χ2v) is 4.95. The highest BCUT2D eigenvalue weighted by Crippen LogP contribution is 2.19. The maximum Gasteiger partial charge on any atom is 0.191 e. The van der Waals surface area contributed by atoms with Crippen LogP contribution in [-0.4, -0.2) is 34.9 Å². The summed E-state index contributed by atoms with van der Waals surface area (Å²) >= 11 is 0. The second kappa shape index (κ2) is 9.33. The molecule has 1 aromatic heterocycles. The number of guanidine groups is 1. The van der Waals surface area contributed by atoms with Crippen LogP contribution in [0.3, 0.4) is 0 Å². The van der Waals surface area contributed by atoms with Gasteiger partial charge < -0.3 is 19.9 Å². The fourth-order valence-electron chi connectivity index (χ4n) is 2.03. The van der Waals surface area contributed by atoms with E-state index in [4.69, 9.17) is 4.74 Å². The van der Waals surface area contributed by atoms with Gasteiger partial charge in [0.2, 0.25) is 0 Å². The molecule has 0 atom stereocenters. The van der Waals surface area contributed by atoms with Gasteiger partial charge in [-0.2, -0.15) is 0 Å². The van der Waals surface area contributed by atoms with Crippen LogP contribution in [0.25, 0.3) is 0 Å². The number of benzene rings is 1. The Morgan fingerprint density at radius 2 is 2.04 bits per heavy atom. The highest BCUT2D eigenvalue weighted by Gasteiger charge is 2.06. The van der Waals surface area contributed by atoms with Crippen LogP contribution >= 0.6 is 24.0 Å². The molecular weight excluding hydrogens is 407 g/mol. The van der Waals surface area contributed by atoms with Gasteiger partial charge in [0.05, 0.1) is 13.7 Å². The van der Waals surface area contributed by atoms with E-state index in [9.17, 15) is 0 Å². The van der Waals surface area contributed by atoms with Crippen molar-refractivity contribution in [3.8, 4) is 5.75 Å². The maximum absolute atomic E-state index is 5.40. The number of hydrogen-bond donors (Lipinski definition) is 2. The highest BCUT2D eigenvalue weighted by atomic mass is 127. The molecule has 0 aliphatic heterocycles. The van der Waals surface area contributed by atoms with E-state index in [1.165, 1.54) is 5.56 Å². The lowest BCUT2D eigenvalue weighted by Crippen LogP contribution is -2.37. The van der Waals surface area contributed by atoms with Crippen molar-refractivity contribution in [2.24, 2.45) is 12.0 Å². The summed E-state index contributed by atoms with van der Waals surface area (Å²) in [5, 5.41) is 14.3. The molecule has 0 saturated heterocycles. The molecule has 0 bridgehead atoms. The van der Waals surface area contributed by atoms with Crippen LogP contribution in [0.15, 0.2) is 29.5 Å². The molecule has 23 heavy (non-hydrogen) atoms. The van der Waals surface area contributed by atoms with Crippen LogP contribution in [-0.2, 0) is 20.1 Å². The van der Waals surface area contributed by atoms with E-state index in [1.54, 1.807) is 20.5 Å². The molecule has 0 spiro atoms. The molecule has 2 aromatic rings. The maximum atomic E-state index is 5.40. The van der Waals surface area contributed by atoms with Crippen LogP contribution < -0.4 is 15.4 Å². The standard InChI is InChI=1S/C15H22N6O.HI/c1-11-5-6-12(13(7-11)22-4)8-17-15(16-2)18-9-14-20-19-10-21(14)3;/h5-7,10H,8-9H2,1-4H3,(H2,16,17,18);1H. The molecule has 1 aromatic carbocycles. The smallest absolute Gasteiger partial charge is 0.191 e. The number of ether oxygens (including phenoxy) is 1. The van der Waals surface area contributed by atoms with Crippen molar-refractivity contribution in [2.75, 3.05) is 14.2 Å². The average molecular weight is 430 g/mol. The first kappa shape index (κ1) is 19.2. The number of nitrogens with zero attached hydrogens (tertiary/aromatic N) is 4. The summed E-state index contributed by atoms with van der Waals surface area (Å²) in [6.45, 7) is 3.23. The fraction of sp³-hybridized carbons (Fsp3) is 0.400. The summed E-state index contributed by atoms with van der Waals surface area (Å²) in [4.78, 5) is 4.20. The largest absolute Gasteiger partial charge is 0.496 e. The van der Waals surface area contributed by atoms with Crippen LogP contribution in [0.2, 0.25) is 0 Å². The highest BCUT2D eigenvalue weighted by molar-refractivity contribution is 14.0. The molecule has 126 valence electrons. The van der Waals surface area contributed by atoms with Crippen molar-refractivity contribution in [2.45, 2.75) is 20.0 Å². The molecule has 0 fully saturated rings. The predicted molar refractivity (Wildman–Crippen MR) is 101 cm³/mol. The van der Waals surface area contributed by atoms with E-state index in [0.29, 0.717) is 19.0 Å². The normalized spacial score (nSPS) is 10.9. The summed E-state index contributed by atoms with van der Waals surface area (Å²) < 4.78 is 7.27. The minimum absolute atomic E-state index is 0. The van der Waals surface area contributed by atoms with E-state index in [2.05, 4.69) is 38.0 Å². The molecule has 0 aliphatic carbocycles.